The fraction of sp³-hybridized carbons (Fsp3) is 0.458. The molecule has 2 aromatic carbocycles. The molecular formula is C24H29FN2O2. The molecule has 0 spiro atoms. The van der Waals surface area contributed by atoms with Gasteiger partial charge in [-0.15, -0.1) is 0 Å². The lowest BCUT2D eigenvalue weighted by atomic mass is 9.90. The van der Waals surface area contributed by atoms with Crippen LogP contribution in [0.25, 0.3) is 0 Å². The zero-order valence-electron chi connectivity index (χ0n) is 17.0. The lowest BCUT2D eigenvalue weighted by Crippen LogP contribution is -2.52. The maximum absolute atomic E-state index is 13.1. The standard InChI is InChI=1S/C24H29FN2O2/c1-18(28)29-17-21-16-26(13-10-19-6-8-22(25)9-7-19)14-12-24(21)27-15-11-20-4-2-3-5-23(20)27/h2-9,21,24H,10-17H2,1H3/t21-,24-/m0/s1. The second-order valence-electron chi connectivity index (χ2n) is 8.17. The number of hydrogen-bond acceptors (Lipinski definition) is 4. The van der Waals surface area contributed by atoms with Crippen molar-refractivity contribution in [3.63, 3.8) is 0 Å². The number of carbonyl (C=O) groups is 1. The Labute approximate surface area is 172 Å². The normalized spacial score (nSPS) is 21.8. The molecule has 0 radical (unpaired) electrons. The number of carbonyl (C=O) groups excluding carboxylic acids is 1. The van der Waals surface area contributed by atoms with Gasteiger partial charge in [0.15, 0.2) is 0 Å². The number of rotatable bonds is 6. The lowest BCUT2D eigenvalue weighted by Gasteiger charge is -2.43. The highest BCUT2D eigenvalue weighted by Crippen LogP contribution is 2.34. The third-order valence-electron chi connectivity index (χ3n) is 6.23. The van der Waals surface area contributed by atoms with E-state index in [-0.39, 0.29) is 17.7 Å². The summed E-state index contributed by atoms with van der Waals surface area (Å²) in [6.07, 6.45) is 3.04. The van der Waals surface area contributed by atoms with Crippen molar-refractivity contribution in [3.05, 3.63) is 65.5 Å². The van der Waals surface area contributed by atoms with E-state index in [1.807, 2.05) is 12.1 Å². The molecule has 0 bridgehead atoms. The van der Waals surface area contributed by atoms with Crippen molar-refractivity contribution in [2.45, 2.75) is 32.2 Å². The molecule has 1 saturated heterocycles. The van der Waals surface area contributed by atoms with E-state index < -0.39 is 0 Å². The Balaban J connectivity index is 1.42. The second-order valence-corrected chi connectivity index (χ2v) is 8.17. The quantitative estimate of drug-likeness (QED) is 0.698. The van der Waals surface area contributed by atoms with Gasteiger partial charge in [-0.25, -0.2) is 4.39 Å². The molecule has 2 aliphatic heterocycles. The van der Waals surface area contributed by atoms with Crippen molar-refractivity contribution in [2.75, 3.05) is 37.7 Å². The van der Waals surface area contributed by atoms with Crippen LogP contribution in [0.4, 0.5) is 10.1 Å². The summed E-state index contributed by atoms with van der Waals surface area (Å²) in [5.41, 5.74) is 3.90. The fourth-order valence-corrected chi connectivity index (χ4v) is 4.74. The fourth-order valence-electron chi connectivity index (χ4n) is 4.74. The number of esters is 1. The van der Waals surface area contributed by atoms with E-state index in [9.17, 15) is 9.18 Å². The van der Waals surface area contributed by atoms with Gasteiger partial charge in [-0.1, -0.05) is 30.3 Å². The van der Waals surface area contributed by atoms with Gasteiger partial charge in [0.1, 0.15) is 5.82 Å². The van der Waals surface area contributed by atoms with Gasteiger partial charge in [-0.05, 0) is 48.6 Å². The van der Waals surface area contributed by atoms with E-state index >= 15 is 0 Å². The summed E-state index contributed by atoms with van der Waals surface area (Å²) in [5.74, 6) is -0.122. The maximum atomic E-state index is 13.1. The number of likely N-dealkylation sites (tertiary alicyclic amines) is 1. The van der Waals surface area contributed by atoms with Crippen molar-refractivity contribution in [3.8, 4) is 0 Å². The molecule has 29 heavy (non-hydrogen) atoms. The number of benzene rings is 2. The average molecular weight is 397 g/mol. The Hall–Kier alpha value is -2.40. The highest BCUT2D eigenvalue weighted by atomic mass is 19.1. The first-order valence-corrected chi connectivity index (χ1v) is 10.5. The van der Waals surface area contributed by atoms with E-state index in [1.165, 1.54) is 30.3 Å². The predicted molar refractivity (Wildman–Crippen MR) is 113 cm³/mol. The Bertz CT molecular complexity index is 839. The summed E-state index contributed by atoms with van der Waals surface area (Å²) in [6.45, 7) is 5.86. The van der Waals surface area contributed by atoms with Crippen LogP contribution in [0.2, 0.25) is 0 Å². The lowest BCUT2D eigenvalue weighted by molar-refractivity contribution is -0.143. The maximum Gasteiger partial charge on any atom is 0.302 e. The first-order chi connectivity index (χ1) is 14.1. The Morgan fingerprint density at radius 3 is 2.72 bits per heavy atom. The number of para-hydroxylation sites is 1. The molecular weight excluding hydrogens is 367 g/mol. The first kappa shape index (κ1) is 19.9. The van der Waals surface area contributed by atoms with E-state index in [1.54, 1.807) is 0 Å². The van der Waals surface area contributed by atoms with E-state index in [0.717, 1.165) is 51.0 Å². The molecule has 0 aromatic heterocycles. The third-order valence-corrected chi connectivity index (χ3v) is 6.23. The highest BCUT2D eigenvalue weighted by Gasteiger charge is 2.36. The average Bonchev–Trinajstić information content (AvgIpc) is 3.16. The number of fused-ring (bicyclic) bond motifs is 1. The van der Waals surface area contributed by atoms with Crippen molar-refractivity contribution in [1.29, 1.82) is 0 Å². The van der Waals surface area contributed by atoms with E-state index in [4.69, 9.17) is 4.74 Å². The van der Waals surface area contributed by atoms with Crippen LogP contribution in [0, 0.1) is 11.7 Å². The van der Waals surface area contributed by atoms with Crippen molar-refractivity contribution < 1.29 is 13.9 Å². The van der Waals surface area contributed by atoms with Crippen LogP contribution in [0.3, 0.4) is 0 Å². The first-order valence-electron chi connectivity index (χ1n) is 10.5. The Morgan fingerprint density at radius 1 is 1.14 bits per heavy atom. The number of anilines is 1. The van der Waals surface area contributed by atoms with Crippen LogP contribution in [0.5, 0.6) is 0 Å². The number of piperidine rings is 1. The van der Waals surface area contributed by atoms with Crippen molar-refractivity contribution in [1.82, 2.24) is 4.90 Å². The van der Waals surface area contributed by atoms with Crippen LogP contribution in [0.1, 0.15) is 24.5 Å². The molecule has 2 aromatic rings. The van der Waals surface area contributed by atoms with Crippen molar-refractivity contribution >= 4 is 11.7 Å². The molecule has 0 amide bonds. The highest BCUT2D eigenvalue weighted by molar-refractivity contribution is 5.66. The van der Waals surface area contributed by atoms with E-state index in [2.05, 4.69) is 34.1 Å². The molecule has 2 atom stereocenters. The SMILES string of the molecule is CC(=O)OC[C@@H]1CN(CCc2ccc(F)cc2)CC[C@@H]1N1CCc2ccccc21. The molecule has 5 heteroatoms. The van der Waals surface area contributed by atoms with Crippen LogP contribution < -0.4 is 4.90 Å². The summed E-state index contributed by atoms with van der Waals surface area (Å²) in [7, 11) is 0. The van der Waals surface area contributed by atoms with Crippen LogP contribution in [-0.4, -0.2) is 49.7 Å². The van der Waals surface area contributed by atoms with E-state index in [0.29, 0.717) is 12.6 Å². The molecule has 154 valence electrons. The monoisotopic (exact) mass is 396 g/mol. The largest absolute Gasteiger partial charge is 0.465 e. The Morgan fingerprint density at radius 2 is 1.93 bits per heavy atom. The topological polar surface area (TPSA) is 32.8 Å². The predicted octanol–water partition coefficient (Wildman–Crippen LogP) is 3.68. The molecule has 0 unspecified atom stereocenters. The molecule has 4 nitrogen and oxygen atoms in total. The molecule has 4 rings (SSSR count). The smallest absolute Gasteiger partial charge is 0.302 e. The van der Waals surface area contributed by atoms with Gasteiger partial charge in [0.25, 0.3) is 0 Å². The zero-order valence-corrected chi connectivity index (χ0v) is 17.0. The van der Waals surface area contributed by atoms with Crippen LogP contribution >= 0.6 is 0 Å². The van der Waals surface area contributed by atoms with Gasteiger partial charge in [0.05, 0.1) is 6.61 Å². The summed E-state index contributed by atoms with van der Waals surface area (Å²) in [4.78, 5) is 16.4. The summed E-state index contributed by atoms with van der Waals surface area (Å²) in [5, 5.41) is 0. The minimum absolute atomic E-state index is 0.193. The molecule has 0 saturated carbocycles. The summed E-state index contributed by atoms with van der Waals surface area (Å²) < 4.78 is 18.6. The van der Waals surface area contributed by atoms with Crippen LogP contribution in [0.15, 0.2) is 48.5 Å². The number of nitrogens with zero attached hydrogens (tertiary/aromatic N) is 2. The van der Waals surface area contributed by atoms with Gasteiger partial charge in [-0.3, -0.25) is 4.79 Å². The summed E-state index contributed by atoms with van der Waals surface area (Å²) >= 11 is 0. The van der Waals surface area contributed by atoms with Gasteiger partial charge in [-0.2, -0.15) is 0 Å². The minimum atomic E-state index is -0.214. The van der Waals surface area contributed by atoms with Gasteiger partial charge < -0.3 is 14.5 Å². The van der Waals surface area contributed by atoms with Gasteiger partial charge in [0, 0.05) is 50.7 Å². The molecule has 0 N–H and O–H groups in total. The van der Waals surface area contributed by atoms with Crippen molar-refractivity contribution in [2.24, 2.45) is 5.92 Å². The van der Waals surface area contributed by atoms with Gasteiger partial charge >= 0.3 is 5.97 Å². The molecule has 1 fully saturated rings. The molecule has 2 heterocycles. The van der Waals surface area contributed by atoms with Gasteiger partial charge in [0.2, 0.25) is 0 Å². The molecule has 2 aliphatic rings. The number of hydrogen-bond donors (Lipinski definition) is 0. The molecule has 0 aliphatic carbocycles. The second kappa shape index (κ2) is 8.95. The number of halogens is 1. The number of ether oxygens (including phenoxy) is 1. The minimum Gasteiger partial charge on any atom is -0.465 e. The third kappa shape index (κ3) is 4.78. The zero-order chi connectivity index (χ0) is 20.2. The van der Waals surface area contributed by atoms with Crippen LogP contribution in [-0.2, 0) is 22.4 Å². The Kier molecular flexibility index (Phi) is 6.14. The summed E-state index contributed by atoms with van der Waals surface area (Å²) in [6, 6.07) is 15.8.